The summed E-state index contributed by atoms with van der Waals surface area (Å²) in [6.07, 6.45) is 4.73. The molecule has 1 aliphatic rings. The summed E-state index contributed by atoms with van der Waals surface area (Å²) in [4.78, 5) is 11.1. The summed E-state index contributed by atoms with van der Waals surface area (Å²) in [5.41, 5.74) is 0.970. The van der Waals surface area contributed by atoms with E-state index in [1.807, 2.05) is 6.20 Å². The molecule has 0 aromatic carbocycles. The van der Waals surface area contributed by atoms with E-state index >= 15 is 0 Å². The molecule has 1 fully saturated rings. The van der Waals surface area contributed by atoms with Crippen LogP contribution in [0.4, 0.5) is 5.69 Å². The molecule has 6 heteroatoms. The number of rotatable bonds is 4. The van der Waals surface area contributed by atoms with E-state index in [9.17, 15) is 4.79 Å². The topological polar surface area (TPSA) is 71.0 Å². The largest absolute Gasteiger partial charge is 0.378 e. The zero-order valence-electron chi connectivity index (χ0n) is 9.36. The summed E-state index contributed by atoms with van der Waals surface area (Å²) in [6, 6.07) is 0.470. The Kier molecular flexibility index (Phi) is 3.40. The molecule has 1 amide bonds. The Bertz CT molecular complexity index is 356. The van der Waals surface area contributed by atoms with Crippen LogP contribution in [0.15, 0.2) is 12.4 Å². The number of aromatic nitrogens is 2. The second kappa shape index (κ2) is 4.98. The molecule has 0 aliphatic carbocycles. The third kappa shape index (κ3) is 2.73. The SMILES string of the molecule is CNC(=O)Cn1cc(NC2CCNC2)cn1. The minimum absolute atomic E-state index is 0.0443. The maximum Gasteiger partial charge on any atom is 0.241 e. The molecule has 88 valence electrons. The Balaban J connectivity index is 1.88. The van der Waals surface area contributed by atoms with Crippen molar-refractivity contribution in [1.29, 1.82) is 0 Å². The summed E-state index contributed by atoms with van der Waals surface area (Å²) in [6.45, 7) is 2.31. The highest BCUT2D eigenvalue weighted by atomic mass is 16.1. The number of amides is 1. The van der Waals surface area contributed by atoms with Gasteiger partial charge in [-0.3, -0.25) is 9.48 Å². The van der Waals surface area contributed by atoms with Crippen LogP contribution in [0, 0.1) is 0 Å². The first kappa shape index (κ1) is 10.9. The fourth-order valence-electron chi connectivity index (χ4n) is 1.76. The van der Waals surface area contributed by atoms with E-state index in [2.05, 4.69) is 21.0 Å². The van der Waals surface area contributed by atoms with E-state index in [4.69, 9.17) is 0 Å². The molecule has 1 aromatic heterocycles. The fraction of sp³-hybridized carbons (Fsp3) is 0.600. The lowest BCUT2D eigenvalue weighted by Crippen LogP contribution is -2.23. The van der Waals surface area contributed by atoms with E-state index in [0.29, 0.717) is 6.04 Å². The first-order valence-electron chi connectivity index (χ1n) is 5.48. The molecule has 2 rings (SSSR count). The van der Waals surface area contributed by atoms with Gasteiger partial charge >= 0.3 is 0 Å². The van der Waals surface area contributed by atoms with Crippen LogP contribution in [0.25, 0.3) is 0 Å². The number of carbonyl (C=O) groups is 1. The Morgan fingerprint density at radius 2 is 2.62 bits per heavy atom. The van der Waals surface area contributed by atoms with Crippen LogP contribution in [0.3, 0.4) is 0 Å². The molecular weight excluding hydrogens is 206 g/mol. The lowest BCUT2D eigenvalue weighted by atomic mass is 10.2. The summed E-state index contributed by atoms with van der Waals surface area (Å²) in [5.74, 6) is -0.0443. The van der Waals surface area contributed by atoms with Gasteiger partial charge in [0.2, 0.25) is 5.91 Å². The van der Waals surface area contributed by atoms with Gasteiger partial charge in [0.15, 0.2) is 0 Å². The van der Waals surface area contributed by atoms with Crippen LogP contribution in [0.1, 0.15) is 6.42 Å². The number of hydrogen-bond donors (Lipinski definition) is 3. The zero-order valence-corrected chi connectivity index (χ0v) is 9.36. The molecule has 1 atom stereocenters. The first-order chi connectivity index (χ1) is 7.78. The monoisotopic (exact) mass is 223 g/mol. The molecule has 1 saturated heterocycles. The molecule has 1 aliphatic heterocycles. The van der Waals surface area contributed by atoms with Gasteiger partial charge in [-0.1, -0.05) is 0 Å². The van der Waals surface area contributed by atoms with Gasteiger partial charge in [0, 0.05) is 25.8 Å². The van der Waals surface area contributed by atoms with E-state index in [1.165, 1.54) is 0 Å². The van der Waals surface area contributed by atoms with Crippen molar-refractivity contribution in [2.24, 2.45) is 0 Å². The fourth-order valence-corrected chi connectivity index (χ4v) is 1.76. The van der Waals surface area contributed by atoms with Gasteiger partial charge in [-0.05, 0) is 13.0 Å². The summed E-state index contributed by atoms with van der Waals surface area (Å²) in [5, 5.41) is 13.3. The molecule has 16 heavy (non-hydrogen) atoms. The molecular formula is C10H17N5O. The van der Waals surface area contributed by atoms with Gasteiger partial charge in [0.1, 0.15) is 6.54 Å². The molecule has 1 unspecified atom stereocenters. The third-order valence-electron chi connectivity index (χ3n) is 2.65. The van der Waals surface area contributed by atoms with Crippen molar-refractivity contribution in [2.45, 2.75) is 19.0 Å². The highest BCUT2D eigenvalue weighted by molar-refractivity contribution is 5.75. The normalized spacial score (nSPS) is 19.7. The zero-order chi connectivity index (χ0) is 11.4. The molecule has 0 spiro atoms. The summed E-state index contributed by atoms with van der Waals surface area (Å²) >= 11 is 0. The van der Waals surface area contributed by atoms with Gasteiger partial charge in [-0.15, -0.1) is 0 Å². The Morgan fingerprint density at radius 1 is 1.75 bits per heavy atom. The lowest BCUT2D eigenvalue weighted by molar-refractivity contribution is -0.121. The van der Waals surface area contributed by atoms with Crippen LogP contribution in [0.2, 0.25) is 0 Å². The number of anilines is 1. The second-order valence-electron chi connectivity index (χ2n) is 3.93. The first-order valence-corrected chi connectivity index (χ1v) is 5.48. The van der Waals surface area contributed by atoms with Gasteiger partial charge < -0.3 is 16.0 Å². The average molecular weight is 223 g/mol. The van der Waals surface area contributed by atoms with Crippen molar-refractivity contribution in [3.05, 3.63) is 12.4 Å². The second-order valence-corrected chi connectivity index (χ2v) is 3.93. The lowest BCUT2D eigenvalue weighted by Gasteiger charge is -2.09. The molecule has 0 bridgehead atoms. The smallest absolute Gasteiger partial charge is 0.241 e. The van der Waals surface area contributed by atoms with Crippen molar-refractivity contribution in [2.75, 3.05) is 25.5 Å². The molecule has 0 saturated carbocycles. The third-order valence-corrected chi connectivity index (χ3v) is 2.65. The van der Waals surface area contributed by atoms with Crippen molar-refractivity contribution in [1.82, 2.24) is 20.4 Å². The number of likely N-dealkylation sites (N-methyl/N-ethyl adjacent to an activating group) is 1. The Hall–Kier alpha value is -1.56. The van der Waals surface area contributed by atoms with Crippen LogP contribution in [-0.4, -0.2) is 41.9 Å². The van der Waals surface area contributed by atoms with Crippen molar-refractivity contribution < 1.29 is 4.79 Å². The van der Waals surface area contributed by atoms with Gasteiger partial charge in [-0.25, -0.2) is 0 Å². The van der Waals surface area contributed by atoms with Crippen molar-refractivity contribution in [3.8, 4) is 0 Å². The van der Waals surface area contributed by atoms with Crippen LogP contribution in [-0.2, 0) is 11.3 Å². The van der Waals surface area contributed by atoms with E-state index in [1.54, 1.807) is 17.9 Å². The highest BCUT2D eigenvalue weighted by Crippen LogP contribution is 2.10. The van der Waals surface area contributed by atoms with Gasteiger partial charge in [0.05, 0.1) is 11.9 Å². The van der Waals surface area contributed by atoms with Crippen LogP contribution in [0.5, 0.6) is 0 Å². The van der Waals surface area contributed by atoms with Gasteiger partial charge in [0.25, 0.3) is 0 Å². The molecule has 1 aromatic rings. The van der Waals surface area contributed by atoms with Crippen LogP contribution < -0.4 is 16.0 Å². The maximum absolute atomic E-state index is 11.1. The Morgan fingerprint density at radius 3 is 3.31 bits per heavy atom. The molecule has 6 nitrogen and oxygen atoms in total. The van der Waals surface area contributed by atoms with E-state index in [0.717, 1.165) is 25.2 Å². The van der Waals surface area contributed by atoms with Crippen molar-refractivity contribution in [3.63, 3.8) is 0 Å². The van der Waals surface area contributed by atoms with Crippen LogP contribution >= 0.6 is 0 Å². The number of nitrogens with one attached hydrogen (secondary N) is 3. The minimum atomic E-state index is -0.0443. The average Bonchev–Trinajstić information content (AvgIpc) is 2.91. The molecule has 2 heterocycles. The quantitative estimate of drug-likeness (QED) is 0.637. The summed E-state index contributed by atoms with van der Waals surface area (Å²) < 4.78 is 1.63. The maximum atomic E-state index is 11.1. The van der Waals surface area contributed by atoms with Crippen molar-refractivity contribution >= 4 is 11.6 Å². The highest BCUT2D eigenvalue weighted by Gasteiger charge is 2.14. The van der Waals surface area contributed by atoms with E-state index < -0.39 is 0 Å². The standard InChI is InChI=1S/C10H17N5O/c1-11-10(16)7-15-6-9(5-13-15)14-8-2-3-12-4-8/h5-6,8,12,14H,2-4,7H2,1H3,(H,11,16). The molecule has 3 N–H and O–H groups in total. The minimum Gasteiger partial charge on any atom is -0.378 e. The predicted octanol–water partition coefficient (Wildman–Crippen LogP) is -0.597. The molecule has 0 radical (unpaired) electrons. The number of carbonyl (C=O) groups excluding carboxylic acids is 1. The predicted molar refractivity (Wildman–Crippen MR) is 61.2 cm³/mol. The summed E-state index contributed by atoms with van der Waals surface area (Å²) in [7, 11) is 1.62. The van der Waals surface area contributed by atoms with Gasteiger partial charge in [-0.2, -0.15) is 5.10 Å². The number of hydrogen-bond acceptors (Lipinski definition) is 4. The van der Waals surface area contributed by atoms with E-state index in [-0.39, 0.29) is 12.5 Å². The Labute approximate surface area is 94.4 Å². The number of nitrogens with zero attached hydrogens (tertiary/aromatic N) is 2.